The maximum atomic E-state index is 2.55. The zero-order chi connectivity index (χ0) is 17.6. The minimum absolute atomic E-state index is 0.267. The summed E-state index contributed by atoms with van der Waals surface area (Å²) in [5, 5.41) is 2.70. The minimum atomic E-state index is 0.267. The third-order valence-corrected chi connectivity index (χ3v) is 6.08. The zero-order valence-corrected chi connectivity index (χ0v) is 15.2. The molecule has 0 aliphatic carbocycles. The number of hydrogen-bond acceptors (Lipinski definition) is 0. The highest BCUT2D eigenvalue weighted by Gasteiger charge is 2.37. The van der Waals surface area contributed by atoms with Gasteiger partial charge in [0.05, 0.1) is 18.1 Å². The van der Waals surface area contributed by atoms with Crippen LogP contribution in [-0.2, 0) is 7.05 Å². The van der Waals surface area contributed by atoms with Gasteiger partial charge in [0.15, 0.2) is 16.7 Å². The quantitative estimate of drug-likeness (QED) is 0.360. The third kappa shape index (κ3) is 1.44. The van der Waals surface area contributed by atoms with E-state index in [2.05, 4.69) is 95.3 Å². The van der Waals surface area contributed by atoms with Gasteiger partial charge in [-0.05, 0) is 37.6 Å². The number of benzene rings is 3. The zero-order valence-electron chi connectivity index (χ0n) is 15.2. The van der Waals surface area contributed by atoms with Crippen molar-refractivity contribution >= 4 is 32.8 Å². The van der Waals surface area contributed by atoms with Crippen molar-refractivity contribution in [3.63, 3.8) is 0 Å². The van der Waals surface area contributed by atoms with Crippen LogP contribution in [0.15, 0.2) is 60.7 Å². The summed E-state index contributed by atoms with van der Waals surface area (Å²) in [7, 11) is 2.19. The molecule has 0 bridgehead atoms. The summed E-state index contributed by atoms with van der Waals surface area (Å²) in [6, 6.07) is 22.3. The lowest BCUT2D eigenvalue weighted by Crippen LogP contribution is -2.41. The molecule has 126 valence electrons. The Morgan fingerprint density at radius 1 is 0.846 bits per heavy atom. The summed E-state index contributed by atoms with van der Waals surface area (Å²) < 4.78 is 7.35. The summed E-state index contributed by atoms with van der Waals surface area (Å²) in [6.07, 6.45) is 0. The van der Waals surface area contributed by atoms with Crippen LogP contribution in [-0.4, -0.2) is 9.13 Å². The van der Waals surface area contributed by atoms with E-state index in [1.54, 1.807) is 0 Å². The van der Waals surface area contributed by atoms with E-state index in [1.165, 1.54) is 49.9 Å². The number of fused-ring (bicyclic) bond motifs is 7. The highest BCUT2D eigenvalue weighted by molar-refractivity contribution is 6.11. The van der Waals surface area contributed by atoms with E-state index in [4.69, 9.17) is 0 Å². The van der Waals surface area contributed by atoms with E-state index in [0.717, 1.165) is 0 Å². The first-order chi connectivity index (χ1) is 12.7. The first-order valence-corrected chi connectivity index (χ1v) is 9.20. The van der Waals surface area contributed by atoms with Crippen LogP contribution in [0.1, 0.15) is 24.4 Å². The summed E-state index contributed by atoms with van der Waals surface area (Å²) in [6.45, 7) is 4.55. The average molecular weight is 338 g/mol. The highest BCUT2D eigenvalue weighted by Crippen LogP contribution is 2.40. The summed E-state index contributed by atoms with van der Waals surface area (Å²) in [5.41, 5.74) is 7.87. The Morgan fingerprint density at radius 3 is 2.42 bits per heavy atom. The molecule has 6 rings (SSSR count). The van der Waals surface area contributed by atoms with E-state index in [9.17, 15) is 0 Å². The molecule has 5 aromatic rings. The topological polar surface area (TPSA) is 13.7 Å². The molecule has 0 saturated carbocycles. The minimum Gasteiger partial charge on any atom is -0.322 e. The smallest absolute Gasteiger partial charge is 0.285 e. The molecular formula is C23H20N3+. The molecule has 0 unspecified atom stereocenters. The molecular weight excluding hydrogens is 318 g/mol. The number of imidazole rings is 1. The van der Waals surface area contributed by atoms with Gasteiger partial charge in [0.25, 0.3) is 5.82 Å². The van der Waals surface area contributed by atoms with Crippen molar-refractivity contribution in [1.82, 2.24) is 9.13 Å². The predicted octanol–water partition coefficient (Wildman–Crippen LogP) is 4.79. The van der Waals surface area contributed by atoms with Crippen LogP contribution in [0.3, 0.4) is 0 Å². The van der Waals surface area contributed by atoms with Crippen LogP contribution < -0.4 is 4.57 Å². The van der Waals surface area contributed by atoms with Gasteiger partial charge in [0.2, 0.25) is 0 Å². The van der Waals surface area contributed by atoms with Crippen LogP contribution >= 0.6 is 0 Å². The van der Waals surface area contributed by atoms with Crippen molar-refractivity contribution in [3.05, 3.63) is 72.1 Å². The van der Waals surface area contributed by atoms with E-state index in [1.807, 2.05) is 0 Å². The molecule has 3 heterocycles. The lowest BCUT2D eigenvalue weighted by Gasteiger charge is -2.21. The van der Waals surface area contributed by atoms with Gasteiger partial charge in [-0.25, -0.2) is 4.57 Å². The lowest BCUT2D eigenvalue weighted by atomic mass is 10.1. The molecule has 0 N–H and O–H groups in total. The van der Waals surface area contributed by atoms with Gasteiger partial charge in [0.1, 0.15) is 6.04 Å². The van der Waals surface area contributed by atoms with Gasteiger partial charge in [0, 0.05) is 10.8 Å². The van der Waals surface area contributed by atoms with Crippen LogP contribution in [0.4, 0.5) is 0 Å². The maximum absolute atomic E-state index is 2.55. The van der Waals surface area contributed by atoms with Crippen molar-refractivity contribution in [3.8, 4) is 5.69 Å². The Morgan fingerprint density at radius 2 is 1.58 bits per heavy atom. The van der Waals surface area contributed by atoms with Gasteiger partial charge >= 0.3 is 0 Å². The van der Waals surface area contributed by atoms with Crippen molar-refractivity contribution in [1.29, 1.82) is 0 Å². The van der Waals surface area contributed by atoms with Gasteiger partial charge in [-0.3, -0.25) is 0 Å². The normalized spacial score (nSPS) is 15.9. The number of aryl methyl sites for hydroxylation is 2. The van der Waals surface area contributed by atoms with E-state index < -0.39 is 0 Å². The van der Waals surface area contributed by atoms with Gasteiger partial charge < -0.3 is 4.57 Å². The third-order valence-electron chi connectivity index (χ3n) is 6.08. The molecule has 3 heteroatoms. The first-order valence-electron chi connectivity index (χ1n) is 9.20. The largest absolute Gasteiger partial charge is 0.322 e. The molecule has 0 radical (unpaired) electrons. The second-order valence-electron chi connectivity index (χ2n) is 7.43. The van der Waals surface area contributed by atoms with Crippen molar-refractivity contribution in [2.24, 2.45) is 7.05 Å². The molecule has 0 fully saturated rings. The summed E-state index contributed by atoms with van der Waals surface area (Å²) >= 11 is 0. The van der Waals surface area contributed by atoms with E-state index in [-0.39, 0.29) is 6.04 Å². The Hall–Kier alpha value is -3.07. The van der Waals surface area contributed by atoms with Crippen molar-refractivity contribution < 1.29 is 4.57 Å². The molecule has 0 spiro atoms. The van der Waals surface area contributed by atoms with Crippen LogP contribution in [0.2, 0.25) is 0 Å². The molecule has 0 saturated heterocycles. The van der Waals surface area contributed by atoms with Crippen molar-refractivity contribution in [2.45, 2.75) is 19.9 Å². The fourth-order valence-electron chi connectivity index (χ4n) is 5.05. The van der Waals surface area contributed by atoms with Crippen LogP contribution in [0.25, 0.3) is 38.5 Å². The highest BCUT2D eigenvalue weighted by atomic mass is 15.2. The molecule has 2 aromatic heterocycles. The van der Waals surface area contributed by atoms with Crippen molar-refractivity contribution in [2.75, 3.05) is 0 Å². The van der Waals surface area contributed by atoms with E-state index in [0.29, 0.717) is 0 Å². The van der Waals surface area contributed by atoms with Gasteiger partial charge in [-0.2, -0.15) is 4.57 Å². The Labute approximate surface area is 151 Å². The second kappa shape index (κ2) is 4.55. The van der Waals surface area contributed by atoms with Crippen LogP contribution in [0, 0.1) is 6.92 Å². The SMILES string of the molecule is Cc1cccc2c3cccc4c3n(c12)[C@H](C)c1n(C)c2ccccc2[n+]1-4. The molecule has 1 aliphatic rings. The number of aromatic nitrogens is 3. The molecule has 1 aliphatic heterocycles. The Bertz CT molecular complexity index is 1370. The number of hydrogen-bond donors (Lipinski definition) is 0. The van der Waals surface area contributed by atoms with Gasteiger partial charge in [-0.1, -0.05) is 42.5 Å². The number of rotatable bonds is 0. The van der Waals surface area contributed by atoms with Crippen LogP contribution in [0.5, 0.6) is 0 Å². The summed E-state index contributed by atoms with van der Waals surface area (Å²) in [5.74, 6) is 1.33. The molecule has 1 atom stereocenters. The first kappa shape index (κ1) is 14.1. The monoisotopic (exact) mass is 338 g/mol. The number of nitrogens with zero attached hydrogens (tertiary/aromatic N) is 3. The Balaban J connectivity index is 1.93. The fourth-order valence-corrected chi connectivity index (χ4v) is 5.05. The average Bonchev–Trinajstić information content (AvgIpc) is 3.16. The summed E-state index contributed by atoms with van der Waals surface area (Å²) in [4.78, 5) is 0. The lowest BCUT2D eigenvalue weighted by molar-refractivity contribution is -0.580. The standard InChI is InChI=1S/C23H20N3/c1-14-8-6-9-16-17-10-7-13-20-22(17)25(21(14)16)15(2)23-24(3)18-11-4-5-12-19(18)26(20)23/h4-13,15H,1-3H3/q+1/t15-/m1/s1. The Kier molecular flexibility index (Phi) is 2.48. The predicted molar refractivity (Wildman–Crippen MR) is 106 cm³/mol. The fraction of sp³-hybridized carbons (Fsp3) is 0.174. The molecule has 26 heavy (non-hydrogen) atoms. The molecule has 3 nitrogen and oxygen atoms in total. The van der Waals surface area contributed by atoms with Gasteiger partial charge in [-0.15, -0.1) is 0 Å². The van der Waals surface area contributed by atoms with E-state index >= 15 is 0 Å². The maximum Gasteiger partial charge on any atom is 0.285 e. The molecule has 0 amide bonds. The molecule has 3 aromatic carbocycles. The number of para-hydroxylation sites is 4. The second-order valence-corrected chi connectivity index (χ2v) is 7.43.